The van der Waals surface area contributed by atoms with Crippen LogP contribution in [0.2, 0.25) is 0 Å². The highest BCUT2D eigenvalue weighted by Gasteiger charge is 2.57. The van der Waals surface area contributed by atoms with Gasteiger partial charge in [-0.05, 0) is 24.3 Å². The predicted molar refractivity (Wildman–Crippen MR) is 101 cm³/mol. The number of aliphatic hydroxyl groups is 1. The van der Waals surface area contributed by atoms with E-state index in [0.717, 1.165) is 25.7 Å². The van der Waals surface area contributed by atoms with E-state index in [9.17, 15) is 14.7 Å². The lowest BCUT2D eigenvalue weighted by Gasteiger charge is -2.41. The number of aliphatic hydroxyl groups excluding tert-OH is 1. The Morgan fingerprint density at radius 3 is 2.12 bits per heavy atom. The van der Waals surface area contributed by atoms with Crippen molar-refractivity contribution in [2.24, 2.45) is 10.8 Å². The Hall–Kier alpha value is -1.36. The Labute approximate surface area is 157 Å². The van der Waals surface area contributed by atoms with E-state index in [1.165, 1.54) is 12.8 Å². The minimum absolute atomic E-state index is 0.0832. The molecule has 0 saturated heterocycles. The standard InChI is InChI=1S/C21H35NO4/c1-19(2,3)15-13-21(20(4,5)6,26-18(15)25)16(23)17(24)22-14-11-9-7-8-10-12-14/h13-14,16,23H,7-12H2,1-6H3,(H,22,24). The number of cyclic esters (lactones) is 1. The molecule has 1 heterocycles. The molecule has 1 fully saturated rings. The summed E-state index contributed by atoms with van der Waals surface area (Å²) in [6.45, 7) is 11.4. The highest BCUT2D eigenvalue weighted by atomic mass is 16.6. The van der Waals surface area contributed by atoms with Crippen LogP contribution in [0.25, 0.3) is 0 Å². The summed E-state index contributed by atoms with van der Waals surface area (Å²) in [6, 6.07) is 0.0832. The Morgan fingerprint density at radius 2 is 1.69 bits per heavy atom. The van der Waals surface area contributed by atoms with Gasteiger partial charge in [0.15, 0.2) is 11.7 Å². The van der Waals surface area contributed by atoms with Gasteiger partial charge in [-0.3, -0.25) is 4.79 Å². The van der Waals surface area contributed by atoms with E-state index in [2.05, 4.69) is 5.32 Å². The molecular formula is C21H35NO4. The summed E-state index contributed by atoms with van der Waals surface area (Å²) < 4.78 is 5.71. The van der Waals surface area contributed by atoms with Crippen molar-refractivity contribution in [2.45, 2.75) is 97.8 Å². The molecule has 2 rings (SSSR count). The van der Waals surface area contributed by atoms with Crippen molar-refractivity contribution in [1.82, 2.24) is 5.32 Å². The number of nitrogens with one attached hydrogen (secondary N) is 1. The van der Waals surface area contributed by atoms with Crippen LogP contribution in [0, 0.1) is 10.8 Å². The Bertz CT molecular complexity index is 574. The van der Waals surface area contributed by atoms with Gasteiger partial charge in [0.2, 0.25) is 0 Å². The summed E-state index contributed by atoms with van der Waals surface area (Å²) in [7, 11) is 0. The maximum absolute atomic E-state index is 12.8. The first-order chi connectivity index (χ1) is 11.9. The number of amides is 1. The smallest absolute Gasteiger partial charge is 0.335 e. The molecule has 0 aromatic heterocycles. The molecule has 2 N–H and O–H groups in total. The fraction of sp³-hybridized carbons (Fsp3) is 0.810. The Morgan fingerprint density at radius 1 is 1.15 bits per heavy atom. The topological polar surface area (TPSA) is 75.6 Å². The van der Waals surface area contributed by atoms with Gasteiger partial charge in [0.1, 0.15) is 0 Å². The first-order valence-electron chi connectivity index (χ1n) is 9.83. The summed E-state index contributed by atoms with van der Waals surface area (Å²) in [5.41, 5.74) is -1.90. The summed E-state index contributed by atoms with van der Waals surface area (Å²) in [4.78, 5) is 25.4. The van der Waals surface area contributed by atoms with Crippen molar-refractivity contribution in [3.05, 3.63) is 11.6 Å². The van der Waals surface area contributed by atoms with E-state index >= 15 is 0 Å². The fourth-order valence-corrected chi connectivity index (χ4v) is 3.85. The third-order valence-electron chi connectivity index (χ3n) is 5.68. The molecule has 0 bridgehead atoms. The summed E-state index contributed by atoms with van der Waals surface area (Å²) >= 11 is 0. The van der Waals surface area contributed by atoms with E-state index in [4.69, 9.17) is 4.74 Å². The predicted octanol–water partition coefficient (Wildman–Crippen LogP) is 3.50. The van der Waals surface area contributed by atoms with Crippen molar-refractivity contribution >= 4 is 11.9 Å². The van der Waals surface area contributed by atoms with E-state index in [1.54, 1.807) is 6.08 Å². The molecule has 5 nitrogen and oxygen atoms in total. The second-order valence-corrected chi connectivity index (χ2v) is 9.84. The van der Waals surface area contributed by atoms with E-state index in [0.29, 0.717) is 5.57 Å². The molecule has 5 heteroatoms. The van der Waals surface area contributed by atoms with Gasteiger partial charge < -0.3 is 15.2 Å². The lowest BCUT2D eigenvalue weighted by molar-refractivity contribution is -0.176. The van der Waals surface area contributed by atoms with Crippen LogP contribution in [0.5, 0.6) is 0 Å². The van der Waals surface area contributed by atoms with Gasteiger partial charge in [0, 0.05) is 17.0 Å². The van der Waals surface area contributed by atoms with Gasteiger partial charge in [-0.15, -0.1) is 0 Å². The number of esters is 1. The van der Waals surface area contributed by atoms with Crippen LogP contribution in [-0.4, -0.2) is 34.7 Å². The van der Waals surface area contributed by atoms with Crippen LogP contribution in [-0.2, 0) is 14.3 Å². The van der Waals surface area contributed by atoms with Gasteiger partial charge in [-0.25, -0.2) is 4.79 Å². The van der Waals surface area contributed by atoms with Crippen molar-refractivity contribution in [1.29, 1.82) is 0 Å². The molecule has 0 spiro atoms. The number of carbonyl (C=O) groups excluding carboxylic acids is 2. The molecular weight excluding hydrogens is 330 g/mol. The minimum Gasteiger partial charge on any atom is -0.447 e. The number of rotatable bonds is 3. The molecule has 0 aromatic carbocycles. The molecule has 1 aliphatic carbocycles. The van der Waals surface area contributed by atoms with Crippen molar-refractivity contribution in [2.75, 3.05) is 0 Å². The molecule has 0 aromatic rings. The molecule has 1 amide bonds. The molecule has 1 saturated carbocycles. The second-order valence-electron chi connectivity index (χ2n) is 9.84. The normalized spacial score (nSPS) is 26.7. The average Bonchev–Trinajstić information content (AvgIpc) is 2.70. The van der Waals surface area contributed by atoms with Gasteiger partial charge in [-0.1, -0.05) is 67.2 Å². The zero-order valence-corrected chi connectivity index (χ0v) is 17.1. The van der Waals surface area contributed by atoms with Crippen LogP contribution in [0.4, 0.5) is 0 Å². The first-order valence-corrected chi connectivity index (χ1v) is 9.83. The van der Waals surface area contributed by atoms with Crippen LogP contribution in [0.1, 0.15) is 80.1 Å². The third kappa shape index (κ3) is 4.13. The monoisotopic (exact) mass is 365 g/mol. The zero-order chi connectivity index (χ0) is 19.8. The first kappa shape index (κ1) is 20.9. The molecule has 2 aliphatic rings. The quantitative estimate of drug-likeness (QED) is 0.593. The molecule has 1 aliphatic heterocycles. The highest BCUT2D eigenvalue weighted by molar-refractivity contribution is 5.95. The number of hydrogen-bond donors (Lipinski definition) is 2. The SMILES string of the molecule is CC(C)(C)C1=CC(C(O)C(=O)NC2CCCCCC2)(C(C)(C)C)OC1=O. The Kier molecular flexibility index (Phi) is 5.91. The molecule has 26 heavy (non-hydrogen) atoms. The second kappa shape index (κ2) is 7.34. The fourth-order valence-electron chi connectivity index (χ4n) is 3.85. The maximum atomic E-state index is 12.8. The summed E-state index contributed by atoms with van der Waals surface area (Å²) in [5.74, 6) is -0.903. The lowest BCUT2D eigenvalue weighted by Crippen LogP contribution is -2.59. The van der Waals surface area contributed by atoms with Crippen molar-refractivity contribution in [3.8, 4) is 0 Å². The molecule has 2 atom stereocenters. The molecule has 0 radical (unpaired) electrons. The average molecular weight is 366 g/mol. The third-order valence-corrected chi connectivity index (χ3v) is 5.68. The summed E-state index contributed by atoms with van der Waals surface area (Å²) in [5, 5.41) is 14.0. The van der Waals surface area contributed by atoms with Crippen LogP contribution >= 0.6 is 0 Å². The van der Waals surface area contributed by atoms with E-state index < -0.39 is 34.4 Å². The van der Waals surface area contributed by atoms with Crippen LogP contribution < -0.4 is 5.32 Å². The van der Waals surface area contributed by atoms with E-state index in [1.807, 2.05) is 41.5 Å². The maximum Gasteiger partial charge on any atom is 0.335 e. The Balaban J connectivity index is 2.28. The van der Waals surface area contributed by atoms with Gasteiger partial charge in [0.05, 0.1) is 0 Å². The molecule has 148 valence electrons. The highest BCUT2D eigenvalue weighted by Crippen LogP contribution is 2.46. The summed E-state index contributed by atoms with van der Waals surface area (Å²) in [6.07, 6.45) is 6.69. The number of hydrogen-bond acceptors (Lipinski definition) is 4. The van der Waals surface area contributed by atoms with E-state index in [-0.39, 0.29) is 6.04 Å². The van der Waals surface area contributed by atoms with Gasteiger partial charge in [-0.2, -0.15) is 0 Å². The minimum atomic E-state index is -1.44. The number of carbonyl (C=O) groups is 2. The van der Waals surface area contributed by atoms with Crippen LogP contribution in [0.3, 0.4) is 0 Å². The van der Waals surface area contributed by atoms with Gasteiger partial charge >= 0.3 is 5.97 Å². The lowest BCUT2D eigenvalue weighted by atomic mass is 9.71. The zero-order valence-electron chi connectivity index (χ0n) is 17.1. The largest absolute Gasteiger partial charge is 0.447 e. The van der Waals surface area contributed by atoms with Gasteiger partial charge in [0.25, 0.3) is 5.91 Å². The van der Waals surface area contributed by atoms with Crippen LogP contribution in [0.15, 0.2) is 11.6 Å². The van der Waals surface area contributed by atoms with Crippen molar-refractivity contribution < 1.29 is 19.4 Å². The molecule has 2 unspecified atom stereocenters. The van der Waals surface area contributed by atoms with Crippen molar-refractivity contribution in [3.63, 3.8) is 0 Å². The number of ether oxygens (including phenoxy) is 1.